The van der Waals surface area contributed by atoms with Gasteiger partial charge in [0.2, 0.25) is 0 Å². The van der Waals surface area contributed by atoms with Crippen molar-refractivity contribution in [1.82, 2.24) is 9.88 Å². The Morgan fingerprint density at radius 3 is 2.50 bits per heavy atom. The third-order valence-corrected chi connectivity index (χ3v) is 9.38. The molecule has 0 spiro atoms. The van der Waals surface area contributed by atoms with Gasteiger partial charge in [0.25, 0.3) is 17.7 Å². The standard InChI is InChI=1S/C32H27ClN4O3S2/c1-18-16-20(17-25-28(38)35-32(41)37(30(25)40)23-14-12-21(33)13-15-23)19(2)36(18)31-27(24-10-6-7-11-26(24)42-31)29(39)34-22-8-4-3-5-9-22/h3-5,8-9,12-17H,6-7,10-11H2,1-2H3,(H,34,39)(H,35,38,41)/b25-17-. The Morgan fingerprint density at radius 1 is 1.05 bits per heavy atom. The SMILES string of the molecule is Cc1cc(/C=C2/C(=O)NC(=S)N(c3ccc(Cl)cc3)C2=O)c(C)n1-c1sc2c(c1C(=O)Nc1ccccc1)CCCC2. The number of halogens is 1. The number of hydrogen-bond donors (Lipinski definition) is 2. The Labute approximate surface area is 257 Å². The smallest absolute Gasteiger partial charge is 0.270 e. The van der Waals surface area contributed by atoms with Crippen LogP contribution in [0.25, 0.3) is 11.1 Å². The van der Waals surface area contributed by atoms with Crippen LogP contribution in [0.4, 0.5) is 11.4 Å². The van der Waals surface area contributed by atoms with E-state index < -0.39 is 11.8 Å². The van der Waals surface area contributed by atoms with Gasteiger partial charge < -0.3 is 9.88 Å². The van der Waals surface area contributed by atoms with Gasteiger partial charge in [-0.05, 0) is 111 Å². The quantitative estimate of drug-likeness (QED) is 0.148. The first-order valence-electron chi connectivity index (χ1n) is 13.6. The highest BCUT2D eigenvalue weighted by Gasteiger charge is 2.35. The van der Waals surface area contributed by atoms with E-state index in [2.05, 4.69) is 15.2 Å². The number of aromatic nitrogens is 1. The summed E-state index contributed by atoms with van der Waals surface area (Å²) in [6.07, 6.45) is 5.53. The highest BCUT2D eigenvalue weighted by Crippen LogP contribution is 2.39. The fourth-order valence-corrected chi connectivity index (χ4v) is 7.45. The maximum Gasteiger partial charge on any atom is 0.270 e. The molecule has 0 unspecified atom stereocenters. The molecular formula is C32H27ClN4O3S2. The van der Waals surface area contributed by atoms with Gasteiger partial charge >= 0.3 is 0 Å². The average Bonchev–Trinajstić information content (AvgIpc) is 3.48. The molecule has 0 atom stereocenters. The Balaban J connectivity index is 1.41. The van der Waals surface area contributed by atoms with E-state index in [1.165, 1.54) is 9.78 Å². The van der Waals surface area contributed by atoms with Gasteiger partial charge in [0.1, 0.15) is 10.6 Å². The Morgan fingerprint density at radius 2 is 1.76 bits per heavy atom. The van der Waals surface area contributed by atoms with Gasteiger partial charge in [0.05, 0.1) is 11.3 Å². The van der Waals surface area contributed by atoms with Crippen LogP contribution < -0.4 is 15.5 Å². The van der Waals surface area contributed by atoms with E-state index in [9.17, 15) is 14.4 Å². The van der Waals surface area contributed by atoms with E-state index in [4.69, 9.17) is 23.8 Å². The second-order valence-electron chi connectivity index (χ2n) is 10.3. The van der Waals surface area contributed by atoms with Gasteiger partial charge in [-0.2, -0.15) is 0 Å². The minimum Gasteiger partial charge on any atom is -0.322 e. The molecule has 1 saturated heterocycles. The molecule has 7 nitrogen and oxygen atoms in total. The van der Waals surface area contributed by atoms with Crippen LogP contribution >= 0.6 is 35.2 Å². The van der Waals surface area contributed by atoms with Crippen LogP contribution in [0.5, 0.6) is 0 Å². The number of para-hydroxylation sites is 1. The van der Waals surface area contributed by atoms with Gasteiger partial charge in [0, 0.05) is 27.0 Å². The van der Waals surface area contributed by atoms with E-state index in [0.717, 1.165) is 53.3 Å². The van der Waals surface area contributed by atoms with Gasteiger partial charge in [0.15, 0.2) is 5.11 Å². The third-order valence-electron chi connectivity index (χ3n) is 7.57. The zero-order valence-electron chi connectivity index (χ0n) is 23.0. The molecule has 3 amide bonds. The predicted octanol–water partition coefficient (Wildman–Crippen LogP) is 6.77. The fraction of sp³-hybridized carbons (Fsp3) is 0.188. The lowest BCUT2D eigenvalue weighted by Crippen LogP contribution is -2.54. The Hall–Kier alpha value is -4.05. The maximum absolute atomic E-state index is 13.7. The molecule has 2 aliphatic rings. The third kappa shape index (κ3) is 5.08. The summed E-state index contributed by atoms with van der Waals surface area (Å²) in [7, 11) is 0. The number of amides is 3. The highest BCUT2D eigenvalue weighted by atomic mass is 35.5. The lowest BCUT2D eigenvalue weighted by atomic mass is 9.95. The Bertz CT molecular complexity index is 1790. The topological polar surface area (TPSA) is 83.4 Å². The number of fused-ring (bicyclic) bond motifs is 1. The molecule has 2 N–H and O–H groups in total. The van der Waals surface area contributed by atoms with Crippen LogP contribution in [0.3, 0.4) is 0 Å². The molecule has 212 valence electrons. The second-order valence-corrected chi connectivity index (χ2v) is 12.2. The van der Waals surface area contributed by atoms with Crippen molar-refractivity contribution in [2.24, 2.45) is 0 Å². The summed E-state index contributed by atoms with van der Waals surface area (Å²) in [4.78, 5) is 42.8. The number of carbonyl (C=O) groups is 3. The number of benzene rings is 2. The minimum absolute atomic E-state index is 0.00758. The first-order chi connectivity index (χ1) is 20.2. The van der Waals surface area contributed by atoms with Crippen LogP contribution in [0.1, 0.15) is 50.6 Å². The van der Waals surface area contributed by atoms with Crippen molar-refractivity contribution in [3.05, 3.63) is 104 Å². The second kappa shape index (κ2) is 11.3. The predicted molar refractivity (Wildman–Crippen MR) is 172 cm³/mol. The van der Waals surface area contributed by atoms with E-state index in [1.807, 2.05) is 50.2 Å². The number of hydrogen-bond acceptors (Lipinski definition) is 5. The van der Waals surface area contributed by atoms with Crippen LogP contribution in [0, 0.1) is 13.8 Å². The number of carbonyl (C=O) groups excluding carboxylic acids is 3. The van der Waals surface area contributed by atoms with Gasteiger partial charge in [-0.25, -0.2) is 0 Å². The number of aryl methyl sites for hydroxylation is 2. The zero-order chi connectivity index (χ0) is 29.5. The van der Waals surface area contributed by atoms with Gasteiger partial charge in [-0.3, -0.25) is 24.6 Å². The molecule has 0 radical (unpaired) electrons. The van der Waals surface area contributed by atoms with Crippen LogP contribution in [-0.4, -0.2) is 27.4 Å². The molecule has 3 heterocycles. The van der Waals surface area contributed by atoms with Crippen LogP contribution in [0.2, 0.25) is 5.02 Å². The summed E-state index contributed by atoms with van der Waals surface area (Å²) in [5, 5.41) is 7.08. The summed E-state index contributed by atoms with van der Waals surface area (Å²) in [6.45, 7) is 3.90. The number of nitrogens with one attached hydrogen (secondary N) is 2. The van der Waals surface area contributed by atoms with Gasteiger partial charge in [-0.1, -0.05) is 29.8 Å². The molecule has 10 heteroatoms. The summed E-state index contributed by atoms with van der Waals surface area (Å²) >= 11 is 13.0. The first-order valence-corrected chi connectivity index (χ1v) is 15.2. The molecular weight excluding hydrogens is 588 g/mol. The molecule has 0 bridgehead atoms. The summed E-state index contributed by atoms with van der Waals surface area (Å²) in [5.41, 5.74) is 5.41. The lowest BCUT2D eigenvalue weighted by molar-refractivity contribution is -0.122. The van der Waals surface area contributed by atoms with Gasteiger partial charge in [-0.15, -0.1) is 11.3 Å². The van der Waals surface area contributed by atoms with Crippen molar-refractivity contribution in [2.45, 2.75) is 39.5 Å². The van der Waals surface area contributed by atoms with E-state index in [-0.39, 0.29) is 16.6 Å². The highest BCUT2D eigenvalue weighted by molar-refractivity contribution is 7.80. The van der Waals surface area contributed by atoms with E-state index >= 15 is 0 Å². The lowest BCUT2D eigenvalue weighted by Gasteiger charge is -2.28. The zero-order valence-corrected chi connectivity index (χ0v) is 25.4. The monoisotopic (exact) mass is 614 g/mol. The van der Waals surface area contributed by atoms with Crippen molar-refractivity contribution >= 4 is 75.4 Å². The van der Waals surface area contributed by atoms with Crippen LogP contribution in [-0.2, 0) is 22.4 Å². The first kappa shape index (κ1) is 28.1. The molecule has 6 rings (SSSR count). The number of thiophene rings is 1. The average molecular weight is 615 g/mol. The maximum atomic E-state index is 13.7. The van der Waals surface area contributed by atoms with Crippen molar-refractivity contribution in [2.75, 3.05) is 10.2 Å². The number of rotatable bonds is 5. The molecule has 4 aromatic rings. The molecule has 0 saturated carbocycles. The van der Waals surface area contributed by atoms with Crippen LogP contribution in [0.15, 0.2) is 66.2 Å². The fourth-order valence-electron chi connectivity index (χ4n) is 5.54. The number of nitrogens with zero attached hydrogens (tertiary/aromatic N) is 2. The van der Waals surface area contributed by atoms with E-state index in [0.29, 0.717) is 21.8 Å². The molecule has 1 fully saturated rings. The number of thiocarbonyl (C=S) groups is 1. The minimum atomic E-state index is -0.561. The summed E-state index contributed by atoms with van der Waals surface area (Å²) in [6, 6.07) is 18.0. The molecule has 2 aromatic carbocycles. The van der Waals surface area contributed by atoms with Crippen molar-refractivity contribution in [1.29, 1.82) is 0 Å². The van der Waals surface area contributed by atoms with Crippen molar-refractivity contribution < 1.29 is 14.4 Å². The Kier molecular flexibility index (Phi) is 7.57. The van der Waals surface area contributed by atoms with Crippen molar-refractivity contribution in [3.63, 3.8) is 0 Å². The van der Waals surface area contributed by atoms with E-state index in [1.54, 1.807) is 41.7 Å². The molecule has 1 aliphatic heterocycles. The largest absolute Gasteiger partial charge is 0.322 e. The normalized spacial score (nSPS) is 16.0. The van der Waals surface area contributed by atoms with Crippen molar-refractivity contribution in [3.8, 4) is 5.00 Å². The number of anilines is 2. The summed E-state index contributed by atoms with van der Waals surface area (Å²) < 4.78 is 2.06. The molecule has 2 aromatic heterocycles. The summed E-state index contributed by atoms with van der Waals surface area (Å²) in [5.74, 6) is -1.23. The molecule has 1 aliphatic carbocycles. The molecule has 42 heavy (non-hydrogen) atoms.